The van der Waals surface area contributed by atoms with E-state index < -0.39 is 10.0 Å². The number of carbonyl (C=O) groups excluding carboxylic acids is 1. The molecule has 0 fully saturated rings. The minimum atomic E-state index is -3.53. The van der Waals surface area contributed by atoms with Gasteiger partial charge in [0.05, 0.1) is 11.3 Å². The van der Waals surface area contributed by atoms with E-state index in [-0.39, 0.29) is 17.2 Å². The number of amides is 1. The van der Waals surface area contributed by atoms with Crippen molar-refractivity contribution in [2.45, 2.75) is 31.6 Å². The van der Waals surface area contributed by atoms with Crippen LogP contribution in [0.1, 0.15) is 25.0 Å². The van der Waals surface area contributed by atoms with Gasteiger partial charge in [0.25, 0.3) is 0 Å². The molecule has 0 unspecified atom stereocenters. The summed E-state index contributed by atoms with van der Waals surface area (Å²) in [5, 5.41) is 0.918. The average Bonchev–Trinajstić information content (AvgIpc) is 3.09. The molecule has 1 amide bonds. The van der Waals surface area contributed by atoms with E-state index in [9.17, 15) is 13.2 Å². The summed E-state index contributed by atoms with van der Waals surface area (Å²) in [6, 6.07) is 10.1. The Morgan fingerprint density at radius 3 is 2.36 bits per heavy atom. The quantitative estimate of drug-likeness (QED) is 0.677. The molecule has 3 rings (SSSR count). The number of hydrogen-bond donors (Lipinski definition) is 0. The minimum Gasteiger partial charge on any atom is -0.312 e. The van der Waals surface area contributed by atoms with E-state index >= 15 is 0 Å². The lowest BCUT2D eigenvalue weighted by molar-refractivity contribution is -0.117. The Kier molecular flexibility index (Phi) is 6.34. The third-order valence-electron chi connectivity index (χ3n) is 4.98. The Labute approximate surface area is 175 Å². The maximum absolute atomic E-state index is 12.8. The number of carbonyl (C=O) groups is 1. The van der Waals surface area contributed by atoms with Crippen LogP contribution in [-0.4, -0.2) is 38.3 Å². The number of hydrogen-bond acceptors (Lipinski definition) is 3. The first kappa shape index (κ1) is 21.1. The summed E-state index contributed by atoms with van der Waals surface area (Å²) in [4.78, 5) is 14.8. The van der Waals surface area contributed by atoms with Crippen LogP contribution in [0.3, 0.4) is 0 Å². The first-order valence-electron chi connectivity index (χ1n) is 9.15. The molecule has 0 aromatic heterocycles. The van der Waals surface area contributed by atoms with Gasteiger partial charge in [-0.2, -0.15) is 4.31 Å². The SMILES string of the molecule is CCN(CC)S(=O)(=O)c1ccc2c(c1)CCN2C(=O)Cc1c(Cl)cccc1Cl. The van der Waals surface area contributed by atoms with Gasteiger partial charge < -0.3 is 4.90 Å². The van der Waals surface area contributed by atoms with Crippen molar-refractivity contribution in [1.29, 1.82) is 0 Å². The Hall–Kier alpha value is -1.60. The van der Waals surface area contributed by atoms with Crippen molar-refractivity contribution < 1.29 is 13.2 Å². The molecule has 28 heavy (non-hydrogen) atoms. The van der Waals surface area contributed by atoms with Crippen LogP contribution in [0.15, 0.2) is 41.3 Å². The molecule has 0 spiro atoms. The highest BCUT2D eigenvalue weighted by atomic mass is 35.5. The zero-order valence-corrected chi connectivity index (χ0v) is 18.1. The molecule has 0 radical (unpaired) electrons. The molecule has 1 aliphatic heterocycles. The average molecular weight is 441 g/mol. The predicted molar refractivity (Wildman–Crippen MR) is 113 cm³/mol. The normalized spacial score (nSPS) is 13.8. The van der Waals surface area contributed by atoms with Gasteiger partial charge in [-0.3, -0.25) is 4.79 Å². The zero-order valence-electron chi connectivity index (χ0n) is 15.8. The van der Waals surface area contributed by atoms with E-state index in [2.05, 4.69) is 0 Å². The van der Waals surface area contributed by atoms with Gasteiger partial charge in [-0.05, 0) is 47.9 Å². The summed E-state index contributed by atoms with van der Waals surface area (Å²) in [6.45, 7) is 4.96. The van der Waals surface area contributed by atoms with E-state index in [0.717, 1.165) is 11.3 Å². The fourth-order valence-electron chi connectivity index (χ4n) is 3.46. The van der Waals surface area contributed by atoms with Crippen molar-refractivity contribution in [2.24, 2.45) is 0 Å². The molecule has 0 atom stereocenters. The van der Waals surface area contributed by atoms with Gasteiger partial charge in [0.1, 0.15) is 0 Å². The number of nitrogens with zero attached hydrogens (tertiary/aromatic N) is 2. The van der Waals surface area contributed by atoms with Crippen LogP contribution in [0.5, 0.6) is 0 Å². The van der Waals surface area contributed by atoms with E-state index in [1.165, 1.54) is 4.31 Å². The summed E-state index contributed by atoms with van der Waals surface area (Å²) in [7, 11) is -3.53. The van der Waals surface area contributed by atoms with Gasteiger partial charge in [0, 0.05) is 35.4 Å². The highest BCUT2D eigenvalue weighted by Crippen LogP contribution is 2.33. The lowest BCUT2D eigenvalue weighted by atomic mass is 10.1. The van der Waals surface area contributed by atoms with E-state index in [4.69, 9.17) is 23.2 Å². The Bertz CT molecular complexity index is 984. The fraction of sp³-hybridized carbons (Fsp3) is 0.350. The Balaban J connectivity index is 1.86. The van der Waals surface area contributed by atoms with Gasteiger partial charge in [0.2, 0.25) is 15.9 Å². The van der Waals surface area contributed by atoms with Crippen LogP contribution in [-0.2, 0) is 27.7 Å². The number of fused-ring (bicyclic) bond motifs is 1. The highest BCUT2D eigenvalue weighted by molar-refractivity contribution is 7.89. The topological polar surface area (TPSA) is 57.7 Å². The molecular formula is C20H22Cl2N2O3S. The summed E-state index contributed by atoms with van der Waals surface area (Å²) in [5.41, 5.74) is 2.20. The van der Waals surface area contributed by atoms with E-state index in [0.29, 0.717) is 41.7 Å². The molecule has 1 aliphatic rings. The molecule has 150 valence electrons. The maximum Gasteiger partial charge on any atom is 0.243 e. The highest BCUT2D eigenvalue weighted by Gasteiger charge is 2.29. The first-order valence-corrected chi connectivity index (χ1v) is 11.4. The largest absolute Gasteiger partial charge is 0.312 e. The Morgan fingerprint density at radius 2 is 1.75 bits per heavy atom. The van der Waals surface area contributed by atoms with Crippen LogP contribution in [0.2, 0.25) is 10.0 Å². The second kappa shape index (κ2) is 8.41. The molecule has 1 heterocycles. The fourth-order valence-corrected chi connectivity index (χ4v) is 5.50. The Morgan fingerprint density at radius 1 is 1.11 bits per heavy atom. The van der Waals surface area contributed by atoms with E-state index in [1.807, 2.05) is 13.8 Å². The van der Waals surface area contributed by atoms with Crippen molar-refractivity contribution in [3.05, 3.63) is 57.6 Å². The molecule has 5 nitrogen and oxygen atoms in total. The van der Waals surface area contributed by atoms with Gasteiger partial charge in [-0.25, -0.2) is 8.42 Å². The second-order valence-electron chi connectivity index (χ2n) is 6.55. The van der Waals surface area contributed by atoms with Gasteiger partial charge in [-0.15, -0.1) is 0 Å². The molecule has 0 N–H and O–H groups in total. The van der Waals surface area contributed by atoms with Crippen LogP contribution in [0.25, 0.3) is 0 Å². The summed E-state index contributed by atoms with van der Waals surface area (Å²) < 4.78 is 26.9. The predicted octanol–water partition coefficient (Wildman–Crippen LogP) is 4.16. The number of halogens is 2. The van der Waals surface area contributed by atoms with Crippen molar-refractivity contribution in [3.63, 3.8) is 0 Å². The third kappa shape index (κ3) is 3.92. The van der Waals surface area contributed by atoms with Crippen LogP contribution >= 0.6 is 23.2 Å². The standard InChI is InChI=1S/C20H22Cl2N2O3S/c1-3-23(4-2)28(26,27)15-8-9-19-14(12-15)10-11-24(19)20(25)13-16-17(21)6-5-7-18(16)22/h5-9,12H,3-4,10-11,13H2,1-2H3. The number of sulfonamides is 1. The van der Waals surface area contributed by atoms with Crippen molar-refractivity contribution in [3.8, 4) is 0 Å². The monoisotopic (exact) mass is 440 g/mol. The van der Waals surface area contributed by atoms with Gasteiger partial charge in [-0.1, -0.05) is 43.1 Å². The number of anilines is 1. The van der Waals surface area contributed by atoms with Crippen LogP contribution in [0.4, 0.5) is 5.69 Å². The van der Waals surface area contributed by atoms with Gasteiger partial charge in [0.15, 0.2) is 0 Å². The van der Waals surface area contributed by atoms with E-state index in [1.54, 1.807) is 41.3 Å². The maximum atomic E-state index is 12.8. The van der Waals surface area contributed by atoms with Gasteiger partial charge >= 0.3 is 0 Å². The molecule has 0 saturated heterocycles. The lowest BCUT2D eigenvalue weighted by Crippen LogP contribution is -2.31. The van der Waals surface area contributed by atoms with Crippen molar-refractivity contribution >= 4 is 44.8 Å². The molecule has 2 aromatic carbocycles. The third-order valence-corrected chi connectivity index (χ3v) is 7.73. The molecule has 2 aromatic rings. The molecule has 8 heteroatoms. The molecule has 0 bridgehead atoms. The summed E-state index contributed by atoms with van der Waals surface area (Å²) in [6.07, 6.45) is 0.705. The molecule has 0 saturated carbocycles. The summed E-state index contributed by atoms with van der Waals surface area (Å²) >= 11 is 12.4. The molecule has 0 aliphatic carbocycles. The second-order valence-corrected chi connectivity index (χ2v) is 9.30. The lowest BCUT2D eigenvalue weighted by Gasteiger charge is -2.20. The molecular weight excluding hydrogens is 419 g/mol. The van der Waals surface area contributed by atoms with Crippen LogP contribution in [0, 0.1) is 0 Å². The van der Waals surface area contributed by atoms with Crippen LogP contribution < -0.4 is 4.90 Å². The zero-order chi connectivity index (χ0) is 20.5. The minimum absolute atomic E-state index is 0.0947. The number of benzene rings is 2. The smallest absolute Gasteiger partial charge is 0.243 e. The summed E-state index contributed by atoms with van der Waals surface area (Å²) in [5.74, 6) is -0.117. The van der Waals surface area contributed by atoms with Crippen molar-refractivity contribution in [1.82, 2.24) is 4.31 Å². The number of rotatable bonds is 6. The van der Waals surface area contributed by atoms with Crippen molar-refractivity contribution in [2.75, 3.05) is 24.5 Å². The first-order chi connectivity index (χ1) is 13.3.